The van der Waals surface area contributed by atoms with E-state index in [1.807, 2.05) is 0 Å². The van der Waals surface area contributed by atoms with E-state index in [1.54, 1.807) is 25.3 Å². The second-order valence-electron chi connectivity index (χ2n) is 3.79. The summed E-state index contributed by atoms with van der Waals surface area (Å²) in [5.74, 6) is 0.412. The number of ether oxygens (including phenoxy) is 1. The lowest BCUT2D eigenvalue weighted by atomic mass is 10.2. The molecule has 7 heteroatoms. The van der Waals surface area contributed by atoms with E-state index in [1.165, 1.54) is 12.0 Å². The molecule has 1 amide bonds. The quantitative estimate of drug-likeness (QED) is 0.645. The molecule has 1 saturated heterocycles. The Morgan fingerprint density at radius 1 is 1.53 bits per heavy atom. The van der Waals surface area contributed by atoms with E-state index < -0.39 is 0 Å². The minimum absolute atomic E-state index is 0.0476. The molecule has 1 aliphatic heterocycles. The van der Waals surface area contributed by atoms with Crippen LogP contribution in [0.4, 0.5) is 4.79 Å². The van der Waals surface area contributed by atoms with Gasteiger partial charge >= 0.3 is 0 Å². The molecule has 0 aliphatic carbocycles. The Morgan fingerprint density at radius 3 is 2.74 bits per heavy atom. The average Bonchev–Trinajstić information content (AvgIpc) is 2.60. The number of nitrogens with zero attached hydrogens (tertiary/aromatic N) is 1. The maximum atomic E-state index is 11.5. The van der Waals surface area contributed by atoms with E-state index in [9.17, 15) is 9.90 Å². The number of thioether (sulfide) groups is 1. The van der Waals surface area contributed by atoms with Crippen molar-refractivity contribution in [2.24, 2.45) is 0 Å². The number of aromatic hydroxyl groups is 1. The van der Waals surface area contributed by atoms with Crippen molar-refractivity contribution in [3.05, 3.63) is 27.1 Å². The fourth-order valence-corrected chi connectivity index (χ4v) is 3.12. The topological polar surface area (TPSA) is 49.8 Å². The summed E-state index contributed by atoms with van der Waals surface area (Å²) in [6.07, 6.45) is 1.79. The number of amides is 1. The van der Waals surface area contributed by atoms with Crippen LogP contribution in [-0.2, 0) is 0 Å². The number of likely N-dealkylation sites (N-methyl/N-ethyl adjacent to an activating group) is 1. The van der Waals surface area contributed by atoms with Gasteiger partial charge in [0.1, 0.15) is 4.99 Å². The molecule has 1 aliphatic rings. The molecule has 4 nitrogen and oxygen atoms in total. The van der Waals surface area contributed by atoms with Crippen LogP contribution in [0, 0.1) is 0 Å². The fourth-order valence-electron chi connectivity index (χ4n) is 1.52. The van der Waals surface area contributed by atoms with Crippen molar-refractivity contribution in [1.29, 1.82) is 0 Å². The van der Waals surface area contributed by atoms with Crippen LogP contribution in [-0.4, -0.2) is 34.4 Å². The van der Waals surface area contributed by atoms with Gasteiger partial charge in [-0.25, -0.2) is 0 Å². The lowest BCUT2D eigenvalue weighted by Gasteiger charge is -2.08. The predicted molar refractivity (Wildman–Crippen MR) is 83.7 cm³/mol. The van der Waals surface area contributed by atoms with Gasteiger partial charge in [0.25, 0.3) is 5.24 Å². The summed E-state index contributed by atoms with van der Waals surface area (Å²) >= 11 is 9.63. The van der Waals surface area contributed by atoms with Crippen LogP contribution in [0.2, 0.25) is 0 Å². The van der Waals surface area contributed by atoms with Crippen LogP contribution in [0.5, 0.6) is 11.5 Å². The highest BCUT2D eigenvalue weighted by molar-refractivity contribution is 9.10. The Labute approximate surface area is 128 Å². The van der Waals surface area contributed by atoms with Crippen LogP contribution in [0.25, 0.3) is 6.08 Å². The van der Waals surface area contributed by atoms with Gasteiger partial charge in [-0.1, -0.05) is 28.1 Å². The third-order valence-electron chi connectivity index (χ3n) is 2.57. The SMILES string of the molecule is COc1cc(/C=C2\SC(=O)N(C)C2=S)c(Br)cc1O. The van der Waals surface area contributed by atoms with Gasteiger partial charge in [-0.3, -0.25) is 9.69 Å². The van der Waals surface area contributed by atoms with Crippen molar-refractivity contribution in [2.45, 2.75) is 0 Å². The molecule has 1 aromatic carbocycles. The number of halogens is 1. The van der Waals surface area contributed by atoms with E-state index in [0.717, 1.165) is 17.3 Å². The zero-order chi connectivity index (χ0) is 14.2. The number of benzene rings is 1. The van der Waals surface area contributed by atoms with Gasteiger partial charge < -0.3 is 9.84 Å². The Morgan fingerprint density at radius 2 is 2.21 bits per heavy atom. The second kappa shape index (κ2) is 5.52. The Bertz CT molecular complexity index is 601. The Hall–Kier alpha value is -1.05. The van der Waals surface area contributed by atoms with Gasteiger partial charge in [-0.15, -0.1) is 0 Å². The number of carbonyl (C=O) groups excluding carboxylic acids is 1. The standard InChI is InChI=1S/C12H10BrNO3S2/c1-14-11(18)10(19-12(14)16)4-6-3-9(17-2)8(15)5-7(6)13/h3-5,15H,1-2H3/b10-4-. The third kappa shape index (κ3) is 2.77. The van der Waals surface area contributed by atoms with E-state index in [0.29, 0.717) is 20.1 Å². The summed E-state index contributed by atoms with van der Waals surface area (Å²) in [6, 6.07) is 3.22. The number of phenols is 1. The molecule has 0 aromatic heterocycles. The highest BCUT2D eigenvalue weighted by atomic mass is 79.9. The molecule has 1 N–H and O–H groups in total. The number of phenolic OH excluding ortho intramolecular Hbond substituents is 1. The molecule has 0 atom stereocenters. The molecule has 100 valence electrons. The molecule has 0 radical (unpaired) electrons. The van der Waals surface area contributed by atoms with E-state index >= 15 is 0 Å². The molecule has 1 aromatic rings. The van der Waals surface area contributed by atoms with Gasteiger partial charge in [-0.05, 0) is 35.5 Å². The van der Waals surface area contributed by atoms with E-state index in [2.05, 4.69) is 15.9 Å². The lowest BCUT2D eigenvalue weighted by Crippen LogP contribution is -2.20. The van der Waals surface area contributed by atoms with Crippen molar-refractivity contribution < 1.29 is 14.6 Å². The van der Waals surface area contributed by atoms with E-state index in [4.69, 9.17) is 17.0 Å². The van der Waals surface area contributed by atoms with E-state index in [-0.39, 0.29) is 11.0 Å². The summed E-state index contributed by atoms with van der Waals surface area (Å²) in [6.45, 7) is 0. The van der Waals surface area contributed by atoms with Crippen molar-refractivity contribution in [3.8, 4) is 11.5 Å². The highest BCUT2D eigenvalue weighted by Crippen LogP contribution is 2.37. The summed E-state index contributed by atoms with van der Waals surface area (Å²) in [4.78, 5) is 14.2. The van der Waals surface area contributed by atoms with Crippen molar-refractivity contribution in [3.63, 3.8) is 0 Å². The zero-order valence-corrected chi connectivity index (χ0v) is 13.4. The summed E-state index contributed by atoms with van der Waals surface area (Å²) < 4.78 is 5.75. The molecular weight excluding hydrogens is 350 g/mol. The van der Waals surface area contributed by atoms with Crippen LogP contribution < -0.4 is 4.74 Å². The highest BCUT2D eigenvalue weighted by Gasteiger charge is 2.28. The van der Waals surface area contributed by atoms with Crippen molar-refractivity contribution in [2.75, 3.05) is 14.2 Å². The fraction of sp³-hybridized carbons (Fsp3) is 0.167. The Kier molecular flexibility index (Phi) is 4.17. The zero-order valence-electron chi connectivity index (χ0n) is 10.1. The normalized spacial score (nSPS) is 17.4. The number of rotatable bonds is 2. The van der Waals surface area contributed by atoms with Crippen molar-refractivity contribution in [1.82, 2.24) is 4.90 Å². The number of carbonyl (C=O) groups is 1. The number of hydrogen-bond acceptors (Lipinski definition) is 5. The van der Waals surface area contributed by atoms with Gasteiger partial charge in [0.15, 0.2) is 11.5 Å². The van der Waals surface area contributed by atoms with Gasteiger partial charge in [0.2, 0.25) is 0 Å². The van der Waals surface area contributed by atoms with Gasteiger partial charge in [0.05, 0.1) is 12.0 Å². The first kappa shape index (κ1) is 14.4. The van der Waals surface area contributed by atoms with Crippen LogP contribution in [0.15, 0.2) is 21.5 Å². The molecule has 0 saturated carbocycles. The monoisotopic (exact) mass is 359 g/mol. The van der Waals surface area contributed by atoms with Crippen LogP contribution in [0.3, 0.4) is 0 Å². The first-order chi connectivity index (χ1) is 8.93. The minimum atomic E-state index is -0.0990. The lowest BCUT2D eigenvalue weighted by molar-refractivity contribution is 0.250. The summed E-state index contributed by atoms with van der Waals surface area (Å²) in [7, 11) is 3.12. The first-order valence-corrected chi connectivity index (χ1v) is 7.24. The van der Waals surface area contributed by atoms with Crippen LogP contribution >= 0.6 is 39.9 Å². The molecule has 1 fully saturated rings. The van der Waals surface area contributed by atoms with Gasteiger partial charge in [-0.2, -0.15) is 0 Å². The molecule has 19 heavy (non-hydrogen) atoms. The molecule has 0 unspecified atom stereocenters. The number of methoxy groups -OCH3 is 1. The molecule has 2 rings (SSSR count). The molecule has 0 spiro atoms. The predicted octanol–water partition coefficient (Wildman–Crippen LogP) is 3.63. The maximum absolute atomic E-state index is 11.5. The summed E-state index contributed by atoms with van der Waals surface area (Å²) in [5, 5.41) is 9.54. The number of thiocarbonyl (C=S) groups is 1. The average molecular weight is 360 g/mol. The molecular formula is C12H10BrNO3S2. The second-order valence-corrected chi connectivity index (χ2v) is 6.02. The summed E-state index contributed by atoms with van der Waals surface area (Å²) in [5.41, 5.74) is 0.780. The van der Waals surface area contributed by atoms with Gasteiger partial charge in [0, 0.05) is 11.5 Å². The Balaban J connectivity index is 2.44. The largest absolute Gasteiger partial charge is 0.504 e. The molecule has 0 bridgehead atoms. The minimum Gasteiger partial charge on any atom is -0.504 e. The van der Waals surface area contributed by atoms with Crippen LogP contribution in [0.1, 0.15) is 5.56 Å². The van der Waals surface area contributed by atoms with Crippen molar-refractivity contribution >= 4 is 56.2 Å². The first-order valence-electron chi connectivity index (χ1n) is 5.22. The maximum Gasteiger partial charge on any atom is 0.291 e. The molecule has 1 heterocycles. The third-order valence-corrected chi connectivity index (χ3v) is 4.86. The number of hydrogen-bond donors (Lipinski definition) is 1. The smallest absolute Gasteiger partial charge is 0.291 e.